The van der Waals surface area contributed by atoms with Gasteiger partial charge in [0.15, 0.2) is 0 Å². The van der Waals surface area contributed by atoms with Crippen molar-refractivity contribution in [3.8, 4) is 5.75 Å². The van der Waals surface area contributed by atoms with E-state index in [0.717, 1.165) is 22.4 Å². The standard InChI is InChI=1S/C22H30N2O4S/c1-5-28-20-9-6-8-19(15-20)16-23-22(25)10-7-13-24(29(4,26)27)21-14-17(2)11-12-18(21)3/h6,8-9,11-12,14-15H,5,7,10,13,16H2,1-4H3,(H,23,25). The van der Waals surface area contributed by atoms with E-state index in [1.54, 1.807) is 0 Å². The van der Waals surface area contributed by atoms with Gasteiger partial charge in [-0.3, -0.25) is 9.10 Å². The molecule has 0 aliphatic carbocycles. The summed E-state index contributed by atoms with van der Waals surface area (Å²) in [6.07, 6.45) is 1.88. The smallest absolute Gasteiger partial charge is 0.232 e. The molecule has 0 unspecified atom stereocenters. The topological polar surface area (TPSA) is 75.7 Å². The molecular formula is C22H30N2O4S. The van der Waals surface area contributed by atoms with Crippen LogP contribution >= 0.6 is 0 Å². The molecule has 0 spiro atoms. The molecule has 0 heterocycles. The number of benzene rings is 2. The first kappa shape index (κ1) is 22.7. The van der Waals surface area contributed by atoms with Crippen molar-refractivity contribution in [3.63, 3.8) is 0 Å². The monoisotopic (exact) mass is 418 g/mol. The lowest BCUT2D eigenvalue weighted by Crippen LogP contribution is -2.32. The van der Waals surface area contributed by atoms with Crippen molar-refractivity contribution in [2.75, 3.05) is 23.7 Å². The van der Waals surface area contributed by atoms with E-state index in [1.807, 2.05) is 63.2 Å². The Kier molecular flexibility index (Phi) is 8.08. The van der Waals surface area contributed by atoms with Crippen LogP contribution in [0.2, 0.25) is 0 Å². The van der Waals surface area contributed by atoms with E-state index in [2.05, 4.69) is 5.32 Å². The molecular weight excluding hydrogens is 388 g/mol. The Balaban J connectivity index is 1.91. The van der Waals surface area contributed by atoms with Gasteiger partial charge < -0.3 is 10.1 Å². The first-order valence-corrected chi connectivity index (χ1v) is 11.6. The Bertz CT molecular complexity index is 942. The van der Waals surface area contributed by atoms with Gasteiger partial charge in [-0.1, -0.05) is 24.3 Å². The van der Waals surface area contributed by atoms with Gasteiger partial charge >= 0.3 is 0 Å². The molecule has 0 saturated heterocycles. The van der Waals surface area contributed by atoms with E-state index in [4.69, 9.17) is 4.74 Å². The van der Waals surface area contributed by atoms with Gasteiger partial charge in [0.2, 0.25) is 15.9 Å². The van der Waals surface area contributed by atoms with Crippen molar-refractivity contribution < 1.29 is 17.9 Å². The maximum Gasteiger partial charge on any atom is 0.232 e. The number of hydrogen-bond acceptors (Lipinski definition) is 4. The van der Waals surface area contributed by atoms with E-state index in [-0.39, 0.29) is 18.9 Å². The maximum atomic E-state index is 12.3. The number of carbonyl (C=O) groups is 1. The van der Waals surface area contributed by atoms with Crippen molar-refractivity contribution in [3.05, 3.63) is 59.2 Å². The number of ether oxygens (including phenoxy) is 1. The largest absolute Gasteiger partial charge is 0.494 e. The first-order chi connectivity index (χ1) is 13.7. The zero-order valence-corrected chi connectivity index (χ0v) is 18.4. The molecule has 1 N–H and O–H groups in total. The number of anilines is 1. The Labute approximate surface area is 173 Å². The van der Waals surface area contributed by atoms with Gasteiger partial charge in [-0.2, -0.15) is 0 Å². The van der Waals surface area contributed by atoms with Crippen LogP contribution in [0.15, 0.2) is 42.5 Å². The molecule has 0 bridgehead atoms. The van der Waals surface area contributed by atoms with Gasteiger partial charge in [0.25, 0.3) is 0 Å². The molecule has 0 aliphatic heterocycles. The van der Waals surface area contributed by atoms with Gasteiger partial charge in [-0.05, 0) is 62.1 Å². The summed E-state index contributed by atoms with van der Waals surface area (Å²) in [4.78, 5) is 12.2. The second-order valence-corrected chi connectivity index (χ2v) is 8.99. The summed E-state index contributed by atoms with van der Waals surface area (Å²) in [5.74, 6) is 0.665. The van der Waals surface area contributed by atoms with Crippen LogP contribution in [0, 0.1) is 13.8 Å². The normalized spacial score (nSPS) is 11.2. The number of amides is 1. The number of carbonyl (C=O) groups excluding carboxylic acids is 1. The van der Waals surface area contributed by atoms with E-state index in [9.17, 15) is 13.2 Å². The first-order valence-electron chi connectivity index (χ1n) is 9.74. The number of nitrogens with zero attached hydrogens (tertiary/aromatic N) is 1. The number of rotatable bonds is 10. The molecule has 29 heavy (non-hydrogen) atoms. The zero-order chi connectivity index (χ0) is 21.4. The predicted octanol–water partition coefficient (Wildman–Crippen LogP) is 3.56. The molecule has 0 aromatic heterocycles. The summed E-state index contributed by atoms with van der Waals surface area (Å²) in [7, 11) is -3.43. The lowest BCUT2D eigenvalue weighted by Gasteiger charge is -2.24. The van der Waals surface area contributed by atoms with E-state index >= 15 is 0 Å². The van der Waals surface area contributed by atoms with Crippen LogP contribution in [0.5, 0.6) is 5.75 Å². The van der Waals surface area contributed by atoms with Crippen molar-refractivity contribution in [1.29, 1.82) is 0 Å². The minimum Gasteiger partial charge on any atom is -0.494 e. The molecule has 0 saturated carbocycles. The Morgan fingerprint density at radius 2 is 1.90 bits per heavy atom. The highest BCUT2D eigenvalue weighted by Crippen LogP contribution is 2.24. The molecule has 2 rings (SSSR count). The summed E-state index contributed by atoms with van der Waals surface area (Å²) in [6.45, 7) is 7.00. The molecule has 2 aromatic carbocycles. The van der Waals surface area contributed by atoms with Gasteiger partial charge in [0.05, 0.1) is 18.6 Å². The fourth-order valence-electron chi connectivity index (χ4n) is 3.04. The fourth-order valence-corrected chi connectivity index (χ4v) is 4.05. The predicted molar refractivity (Wildman–Crippen MR) is 117 cm³/mol. The van der Waals surface area contributed by atoms with Crippen LogP contribution < -0.4 is 14.4 Å². The average molecular weight is 419 g/mol. The molecule has 158 valence electrons. The maximum absolute atomic E-state index is 12.3. The van der Waals surface area contributed by atoms with Crippen LogP contribution in [0.3, 0.4) is 0 Å². The molecule has 6 nitrogen and oxygen atoms in total. The highest BCUT2D eigenvalue weighted by atomic mass is 32.2. The SMILES string of the molecule is CCOc1cccc(CNC(=O)CCCN(c2cc(C)ccc2C)S(C)(=O)=O)c1. The number of hydrogen-bond donors (Lipinski definition) is 1. The number of nitrogens with one attached hydrogen (secondary N) is 1. The highest BCUT2D eigenvalue weighted by Gasteiger charge is 2.19. The summed E-state index contributed by atoms with van der Waals surface area (Å²) in [6, 6.07) is 13.3. The van der Waals surface area contributed by atoms with Gasteiger partial charge in [0, 0.05) is 19.5 Å². The summed E-state index contributed by atoms with van der Waals surface area (Å²) in [5, 5.41) is 2.88. The second-order valence-electron chi connectivity index (χ2n) is 7.09. The lowest BCUT2D eigenvalue weighted by atomic mass is 10.1. The quantitative estimate of drug-likeness (QED) is 0.640. The zero-order valence-electron chi connectivity index (χ0n) is 17.6. The summed E-state index contributed by atoms with van der Waals surface area (Å²) < 4.78 is 31.4. The van der Waals surface area contributed by atoms with Gasteiger partial charge in [-0.15, -0.1) is 0 Å². The van der Waals surface area contributed by atoms with Crippen molar-refractivity contribution in [2.24, 2.45) is 0 Å². The molecule has 7 heteroatoms. The van der Waals surface area contributed by atoms with Crippen LogP contribution in [0.25, 0.3) is 0 Å². The molecule has 2 aromatic rings. The van der Waals surface area contributed by atoms with Crippen molar-refractivity contribution in [2.45, 2.75) is 40.2 Å². The van der Waals surface area contributed by atoms with Crippen LogP contribution in [0.1, 0.15) is 36.5 Å². The van der Waals surface area contributed by atoms with E-state index < -0.39 is 10.0 Å². The summed E-state index contributed by atoms with van der Waals surface area (Å²) >= 11 is 0. The van der Waals surface area contributed by atoms with Crippen molar-refractivity contribution in [1.82, 2.24) is 5.32 Å². The Hall–Kier alpha value is -2.54. The Morgan fingerprint density at radius 3 is 2.59 bits per heavy atom. The lowest BCUT2D eigenvalue weighted by molar-refractivity contribution is -0.121. The van der Waals surface area contributed by atoms with Crippen molar-refractivity contribution >= 4 is 21.6 Å². The second kappa shape index (κ2) is 10.3. The van der Waals surface area contributed by atoms with Crippen LogP contribution in [-0.4, -0.2) is 33.7 Å². The van der Waals surface area contributed by atoms with E-state index in [1.165, 1.54) is 10.6 Å². The molecule has 0 fully saturated rings. The Morgan fingerprint density at radius 1 is 1.14 bits per heavy atom. The van der Waals surface area contributed by atoms with Gasteiger partial charge in [0.1, 0.15) is 5.75 Å². The van der Waals surface area contributed by atoms with Crippen LogP contribution in [-0.2, 0) is 21.4 Å². The molecule has 0 atom stereocenters. The van der Waals surface area contributed by atoms with Crippen LogP contribution in [0.4, 0.5) is 5.69 Å². The molecule has 0 radical (unpaired) electrons. The molecule has 1 amide bonds. The minimum atomic E-state index is -3.43. The third kappa shape index (κ3) is 7.09. The fraction of sp³-hybridized carbons (Fsp3) is 0.409. The molecule has 0 aliphatic rings. The third-order valence-electron chi connectivity index (χ3n) is 4.50. The third-order valence-corrected chi connectivity index (χ3v) is 5.68. The van der Waals surface area contributed by atoms with E-state index in [0.29, 0.717) is 25.3 Å². The minimum absolute atomic E-state index is 0.110. The summed E-state index contributed by atoms with van der Waals surface area (Å²) in [5.41, 5.74) is 3.50. The number of aryl methyl sites for hydroxylation is 2. The number of sulfonamides is 1. The van der Waals surface area contributed by atoms with Gasteiger partial charge in [-0.25, -0.2) is 8.42 Å². The highest BCUT2D eigenvalue weighted by molar-refractivity contribution is 7.92. The average Bonchev–Trinajstić information content (AvgIpc) is 2.65.